The first-order chi connectivity index (χ1) is 15.3. The van der Waals surface area contributed by atoms with Gasteiger partial charge in [0.2, 0.25) is 0 Å². The molecule has 5 atom stereocenters. The van der Waals surface area contributed by atoms with Crippen molar-refractivity contribution in [2.24, 2.45) is 17.3 Å². The van der Waals surface area contributed by atoms with Gasteiger partial charge in [-0.3, -0.25) is 4.79 Å². The molecule has 0 heterocycles. The molecular formula is C30H36O2. The summed E-state index contributed by atoms with van der Waals surface area (Å²) in [5, 5.41) is 11.7. The molecule has 0 unspecified atom stereocenters. The van der Waals surface area contributed by atoms with Crippen LogP contribution in [-0.2, 0) is 4.79 Å². The Labute approximate surface area is 193 Å². The topological polar surface area (TPSA) is 37.3 Å². The third-order valence-electron chi connectivity index (χ3n) is 9.22. The Bertz CT molecular complexity index is 1060. The van der Waals surface area contributed by atoms with E-state index in [1.807, 2.05) is 13.0 Å². The summed E-state index contributed by atoms with van der Waals surface area (Å²) in [7, 11) is 0. The highest BCUT2D eigenvalue weighted by Gasteiger charge is 2.62. The molecule has 168 valence electrons. The molecule has 0 spiro atoms. The van der Waals surface area contributed by atoms with Gasteiger partial charge in [-0.15, -0.1) is 5.92 Å². The minimum atomic E-state index is -0.905. The van der Waals surface area contributed by atoms with Gasteiger partial charge < -0.3 is 5.11 Å². The second kappa shape index (κ2) is 7.74. The number of hydrogen-bond acceptors (Lipinski definition) is 2. The van der Waals surface area contributed by atoms with Crippen LogP contribution in [0.15, 0.2) is 47.1 Å². The number of allylic oxidation sites excluding steroid dienone is 4. The standard InChI is InChI=1S/C30H36O2/c1-5-15-30(32)16-14-27-25-12-10-22-17-23(31)11-13-24(22)28(25)26(18-29(27,30)4)21-8-6-20(7-9-21)19(2)3/h6-9,17,19,25-27,32H,10-14,16,18H2,1-4H3/t25-,26+,27-,29-,30-/m0/s1. The fraction of sp³-hybridized carbons (Fsp3) is 0.567. The maximum Gasteiger partial charge on any atom is 0.156 e. The maximum atomic E-state index is 12.2. The predicted octanol–water partition coefficient (Wildman–Crippen LogP) is 6.46. The van der Waals surface area contributed by atoms with Crippen LogP contribution in [0.25, 0.3) is 0 Å². The third-order valence-corrected chi connectivity index (χ3v) is 9.22. The molecule has 2 nitrogen and oxygen atoms in total. The van der Waals surface area contributed by atoms with Gasteiger partial charge in [0.25, 0.3) is 0 Å². The van der Waals surface area contributed by atoms with E-state index in [0.717, 1.165) is 38.5 Å². The number of ketones is 1. The predicted molar refractivity (Wildman–Crippen MR) is 129 cm³/mol. The van der Waals surface area contributed by atoms with Gasteiger partial charge >= 0.3 is 0 Å². The zero-order valence-electron chi connectivity index (χ0n) is 20.0. The monoisotopic (exact) mass is 428 g/mol. The van der Waals surface area contributed by atoms with Crippen LogP contribution in [0.3, 0.4) is 0 Å². The van der Waals surface area contributed by atoms with Crippen molar-refractivity contribution in [1.82, 2.24) is 0 Å². The second-order valence-corrected chi connectivity index (χ2v) is 11.1. The summed E-state index contributed by atoms with van der Waals surface area (Å²) in [5.74, 6) is 8.33. The van der Waals surface area contributed by atoms with Gasteiger partial charge in [0.15, 0.2) is 5.78 Å². The molecule has 2 heteroatoms. The summed E-state index contributed by atoms with van der Waals surface area (Å²) in [5.41, 5.74) is 5.96. The minimum absolute atomic E-state index is 0.210. The molecule has 4 aliphatic carbocycles. The van der Waals surface area contributed by atoms with E-state index < -0.39 is 5.60 Å². The average Bonchev–Trinajstić information content (AvgIpc) is 3.03. The zero-order valence-corrected chi connectivity index (χ0v) is 20.0. The molecule has 0 saturated heterocycles. The van der Waals surface area contributed by atoms with Gasteiger partial charge in [0.1, 0.15) is 5.60 Å². The van der Waals surface area contributed by atoms with Crippen LogP contribution in [0.1, 0.15) is 95.6 Å². The van der Waals surface area contributed by atoms with E-state index in [0.29, 0.717) is 24.2 Å². The number of benzene rings is 1. The normalized spacial score (nSPS) is 36.1. The van der Waals surface area contributed by atoms with Crippen molar-refractivity contribution in [2.75, 3.05) is 0 Å². The van der Waals surface area contributed by atoms with E-state index in [9.17, 15) is 9.90 Å². The first-order valence-corrected chi connectivity index (χ1v) is 12.5. The van der Waals surface area contributed by atoms with Crippen LogP contribution in [-0.4, -0.2) is 16.5 Å². The quantitative estimate of drug-likeness (QED) is 0.549. The third kappa shape index (κ3) is 3.16. The smallest absolute Gasteiger partial charge is 0.156 e. The Morgan fingerprint density at radius 1 is 1.09 bits per heavy atom. The van der Waals surface area contributed by atoms with Crippen LogP contribution in [0, 0.1) is 29.1 Å². The number of aliphatic hydroxyl groups is 1. The summed E-state index contributed by atoms with van der Waals surface area (Å²) in [6, 6.07) is 9.20. The number of fused-ring (bicyclic) bond motifs is 4. The van der Waals surface area contributed by atoms with Gasteiger partial charge in [-0.1, -0.05) is 56.5 Å². The Balaban J connectivity index is 1.67. The van der Waals surface area contributed by atoms with E-state index in [1.165, 1.54) is 22.3 Å². The molecule has 0 amide bonds. The van der Waals surface area contributed by atoms with Crippen molar-refractivity contribution in [3.8, 4) is 11.8 Å². The number of carbonyl (C=O) groups is 1. The van der Waals surface area contributed by atoms with Crippen LogP contribution >= 0.6 is 0 Å². The SMILES string of the molecule is CC#C[C@]1(O)CC[C@H]2[C@@H]3CCC4=CC(=O)CCC4=C3[C@@H](c3ccc(C(C)C)cc3)C[C@@]21C. The van der Waals surface area contributed by atoms with Crippen molar-refractivity contribution < 1.29 is 9.90 Å². The summed E-state index contributed by atoms with van der Waals surface area (Å²) in [6.45, 7) is 8.63. The molecule has 0 bridgehead atoms. The van der Waals surface area contributed by atoms with Gasteiger partial charge in [-0.2, -0.15) is 0 Å². The molecule has 2 saturated carbocycles. The number of carbonyl (C=O) groups excluding carboxylic acids is 1. The van der Waals surface area contributed by atoms with Gasteiger partial charge in [0.05, 0.1) is 0 Å². The fourth-order valence-corrected chi connectivity index (χ4v) is 7.49. The average molecular weight is 429 g/mol. The summed E-state index contributed by atoms with van der Waals surface area (Å²) < 4.78 is 0. The Hall–Kier alpha value is -2.11. The molecule has 0 aliphatic heterocycles. The zero-order chi connectivity index (χ0) is 22.7. The summed E-state index contributed by atoms with van der Waals surface area (Å²) in [6.07, 6.45) is 8.30. The van der Waals surface area contributed by atoms with E-state index >= 15 is 0 Å². The summed E-state index contributed by atoms with van der Waals surface area (Å²) >= 11 is 0. The highest BCUT2D eigenvalue weighted by Crippen LogP contribution is 2.66. The lowest BCUT2D eigenvalue weighted by molar-refractivity contribution is -0.114. The molecule has 1 N–H and O–H groups in total. The maximum absolute atomic E-state index is 12.2. The molecule has 1 aromatic carbocycles. The van der Waals surface area contributed by atoms with Crippen molar-refractivity contribution in [2.45, 2.75) is 90.1 Å². The molecule has 2 fully saturated rings. The van der Waals surface area contributed by atoms with Crippen LogP contribution in [0.4, 0.5) is 0 Å². The van der Waals surface area contributed by atoms with Crippen LogP contribution < -0.4 is 0 Å². The molecule has 32 heavy (non-hydrogen) atoms. The largest absolute Gasteiger partial charge is 0.377 e. The van der Waals surface area contributed by atoms with Gasteiger partial charge in [0, 0.05) is 17.8 Å². The van der Waals surface area contributed by atoms with Crippen molar-refractivity contribution >= 4 is 5.78 Å². The van der Waals surface area contributed by atoms with Crippen molar-refractivity contribution in [3.63, 3.8) is 0 Å². The lowest BCUT2D eigenvalue weighted by Gasteiger charge is -2.53. The van der Waals surface area contributed by atoms with Crippen molar-refractivity contribution in [3.05, 3.63) is 58.2 Å². The molecule has 0 radical (unpaired) electrons. The first-order valence-electron chi connectivity index (χ1n) is 12.5. The molecule has 4 aliphatic rings. The molecule has 1 aromatic rings. The highest BCUT2D eigenvalue weighted by molar-refractivity contribution is 5.93. The lowest BCUT2D eigenvalue weighted by atomic mass is 9.51. The van der Waals surface area contributed by atoms with E-state index in [1.54, 1.807) is 5.57 Å². The van der Waals surface area contributed by atoms with Crippen LogP contribution in [0.2, 0.25) is 0 Å². The first kappa shape index (κ1) is 21.7. The van der Waals surface area contributed by atoms with E-state index in [2.05, 4.69) is 56.9 Å². The fourth-order valence-electron chi connectivity index (χ4n) is 7.49. The molecular weight excluding hydrogens is 392 g/mol. The Kier molecular flexibility index (Phi) is 5.25. The minimum Gasteiger partial charge on any atom is -0.377 e. The lowest BCUT2D eigenvalue weighted by Crippen LogP contribution is -2.51. The Morgan fingerprint density at radius 2 is 1.84 bits per heavy atom. The van der Waals surface area contributed by atoms with Gasteiger partial charge in [-0.25, -0.2) is 0 Å². The van der Waals surface area contributed by atoms with Crippen LogP contribution in [0.5, 0.6) is 0 Å². The second-order valence-electron chi connectivity index (χ2n) is 11.1. The van der Waals surface area contributed by atoms with Gasteiger partial charge in [-0.05, 0) is 91.6 Å². The highest BCUT2D eigenvalue weighted by atomic mass is 16.3. The number of hydrogen-bond donors (Lipinski definition) is 1. The van der Waals surface area contributed by atoms with E-state index in [4.69, 9.17) is 0 Å². The van der Waals surface area contributed by atoms with Crippen molar-refractivity contribution in [1.29, 1.82) is 0 Å². The number of rotatable bonds is 2. The van der Waals surface area contributed by atoms with E-state index in [-0.39, 0.29) is 17.1 Å². The summed E-state index contributed by atoms with van der Waals surface area (Å²) in [4.78, 5) is 12.2. The molecule has 5 rings (SSSR count). The molecule has 0 aromatic heterocycles. The Morgan fingerprint density at radius 3 is 2.53 bits per heavy atom.